The van der Waals surface area contributed by atoms with Crippen LogP contribution < -0.4 is 10.3 Å². The number of nitrogens with zero attached hydrogens (tertiary/aromatic N) is 4. The molecule has 1 heterocycles. The van der Waals surface area contributed by atoms with Gasteiger partial charge < -0.3 is 9.47 Å². The minimum atomic E-state index is -0.657. The van der Waals surface area contributed by atoms with Crippen molar-refractivity contribution < 1.29 is 19.2 Å². The molecule has 1 saturated carbocycles. The van der Waals surface area contributed by atoms with Crippen molar-refractivity contribution in [2.75, 3.05) is 13.7 Å². The Kier molecular flexibility index (Phi) is 7.54. The molecule has 0 bridgehead atoms. The van der Waals surface area contributed by atoms with Crippen LogP contribution in [-0.4, -0.2) is 40.5 Å². The molecule has 1 aliphatic carbocycles. The first-order chi connectivity index (χ1) is 16.9. The van der Waals surface area contributed by atoms with Crippen molar-refractivity contribution in [1.29, 1.82) is 0 Å². The Morgan fingerprint density at radius 3 is 2.74 bits per heavy atom. The molecule has 0 N–H and O–H groups in total. The normalized spacial score (nSPS) is 14.3. The molecule has 1 aromatic heterocycles. The molecule has 11 heteroatoms. The molecule has 0 unspecified atom stereocenters. The lowest BCUT2D eigenvalue weighted by atomic mass is 9.88. The standard InChI is InChI=1S/C24H23BrN4O6/c1-34-22(30)14-35-21-10-7-15(11-20(21)29(32)33)13-26-28-23(16-5-3-2-4-6-16)27-19-9-8-17(25)12-18(19)24(28)31/h7-13,16H,2-6,14H2,1H3. The number of aromatic nitrogens is 2. The topological polar surface area (TPSA) is 126 Å². The van der Waals surface area contributed by atoms with E-state index in [1.807, 2.05) is 6.07 Å². The number of ether oxygens (including phenoxy) is 2. The van der Waals surface area contributed by atoms with Crippen LogP contribution in [0.25, 0.3) is 10.9 Å². The minimum Gasteiger partial charge on any atom is -0.475 e. The van der Waals surface area contributed by atoms with Gasteiger partial charge in [0, 0.05) is 22.0 Å². The van der Waals surface area contributed by atoms with E-state index >= 15 is 0 Å². The fourth-order valence-electron chi connectivity index (χ4n) is 4.10. The fourth-order valence-corrected chi connectivity index (χ4v) is 4.46. The van der Waals surface area contributed by atoms with Crippen molar-refractivity contribution in [3.63, 3.8) is 0 Å². The van der Waals surface area contributed by atoms with Crippen LogP contribution in [0.4, 0.5) is 5.69 Å². The van der Waals surface area contributed by atoms with Gasteiger partial charge in [0.25, 0.3) is 5.56 Å². The highest BCUT2D eigenvalue weighted by molar-refractivity contribution is 9.10. The number of halogens is 1. The van der Waals surface area contributed by atoms with Gasteiger partial charge in [-0.25, -0.2) is 9.78 Å². The van der Waals surface area contributed by atoms with E-state index in [0.717, 1.165) is 36.6 Å². The van der Waals surface area contributed by atoms with Crippen molar-refractivity contribution in [2.24, 2.45) is 5.10 Å². The number of carbonyl (C=O) groups excluding carboxylic acids is 1. The molecule has 3 aromatic rings. The van der Waals surface area contributed by atoms with Gasteiger partial charge in [0.05, 0.1) is 29.2 Å². The van der Waals surface area contributed by atoms with Crippen LogP contribution in [0.15, 0.2) is 50.8 Å². The summed E-state index contributed by atoms with van der Waals surface area (Å²) in [5.41, 5.74) is 0.352. The largest absolute Gasteiger partial charge is 0.475 e. The molecule has 0 amide bonds. The van der Waals surface area contributed by atoms with Gasteiger partial charge in [-0.1, -0.05) is 35.2 Å². The van der Waals surface area contributed by atoms with E-state index in [9.17, 15) is 19.7 Å². The highest BCUT2D eigenvalue weighted by Gasteiger charge is 2.23. The maximum atomic E-state index is 13.4. The number of rotatable bonds is 7. The fraction of sp³-hybridized carbons (Fsp3) is 0.333. The Morgan fingerprint density at radius 1 is 1.26 bits per heavy atom. The number of nitro groups is 1. The van der Waals surface area contributed by atoms with Gasteiger partial charge >= 0.3 is 11.7 Å². The van der Waals surface area contributed by atoms with Gasteiger partial charge in [-0.3, -0.25) is 14.9 Å². The quantitative estimate of drug-likeness (QED) is 0.185. The van der Waals surface area contributed by atoms with Crippen molar-refractivity contribution in [3.8, 4) is 5.75 Å². The first-order valence-electron chi connectivity index (χ1n) is 11.1. The predicted molar refractivity (Wildman–Crippen MR) is 133 cm³/mol. The number of nitro benzene ring substituents is 1. The van der Waals surface area contributed by atoms with Crippen molar-refractivity contribution in [1.82, 2.24) is 9.66 Å². The van der Waals surface area contributed by atoms with Crippen molar-refractivity contribution >= 4 is 44.7 Å². The van der Waals surface area contributed by atoms with Gasteiger partial charge in [-0.15, -0.1) is 0 Å². The second-order valence-electron chi connectivity index (χ2n) is 8.18. The van der Waals surface area contributed by atoms with E-state index in [0.29, 0.717) is 22.3 Å². The third kappa shape index (κ3) is 5.56. The summed E-state index contributed by atoms with van der Waals surface area (Å²) in [5, 5.41) is 16.4. The van der Waals surface area contributed by atoms with Gasteiger partial charge in [-0.2, -0.15) is 9.78 Å². The zero-order valence-electron chi connectivity index (χ0n) is 19.0. The predicted octanol–water partition coefficient (Wildman–Crippen LogP) is 4.55. The lowest BCUT2D eigenvalue weighted by Gasteiger charge is -2.22. The Labute approximate surface area is 208 Å². The summed E-state index contributed by atoms with van der Waals surface area (Å²) in [6.07, 6.45) is 6.49. The molecule has 0 atom stereocenters. The zero-order chi connectivity index (χ0) is 24.9. The summed E-state index contributed by atoms with van der Waals surface area (Å²) in [4.78, 5) is 40.4. The minimum absolute atomic E-state index is 0.0742. The van der Waals surface area contributed by atoms with Crippen molar-refractivity contribution in [2.45, 2.75) is 38.0 Å². The Morgan fingerprint density at radius 2 is 2.03 bits per heavy atom. The molecule has 0 spiro atoms. The Bertz CT molecular complexity index is 1360. The number of benzene rings is 2. The first-order valence-corrected chi connectivity index (χ1v) is 11.9. The summed E-state index contributed by atoms with van der Waals surface area (Å²) in [6.45, 7) is -0.455. The molecule has 1 fully saturated rings. The lowest BCUT2D eigenvalue weighted by Crippen LogP contribution is -2.25. The lowest BCUT2D eigenvalue weighted by molar-refractivity contribution is -0.385. The number of carbonyl (C=O) groups is 1. The van der Waals surface area contributed by atoms with Gasteiger partial charge in [-0.05, 0) is 43.2 Å². The summed E-state index contributed by atoms with van der Waals surface area (Å²) >= 11 is 3.40. The molecule has 1 aliphatic rings. The van der Waals surface area contributed by atoms with Crippen LogP contribution in [-0.2, 0) is 9.53 Å². The maximum Gasteiger partial charge on any atom is 0.343 e. The van der Waals surface area contributed by atoms with E-state index in [-0.39, 0.29) is 22.9 Å². The van der Waals surface area contributed by atoms with Crippen LogP contribution >= 0.6 is 15.9 Å². The molecule has 0 radical (unpaired) electrons. The Hall–Kier alpha value is -3.60. The van der Waals surface area contributed by atoms with Gasteiger partial charge in [0.15, 0.2) is 12.4 Å². The molecule has 182 valence electrons. The third-order valence-corrected chi connectivity index (χ3v) is 6.37. The van der Waals surface area contributed by atoms with Crippen molar-refractivity contribution in [3.05, 3.63) is 72.7 Å². The van der Waals surface area contributed by atoms with E-state index < -0.39 is 17.5 Å². The molecular formula is C24H23BrN4O6. The van der Waals surface area contributed by atoms with Crippen LogP contribution in [0.3, 0.4) is 0 Å². The van der Waals surface area contributed by atoms with Crippen LogP contribution in [0.1, 0.15) is 49.4 Å². The van der Waals surface area contributed by atoms with E-state index in [1.54, 1.807) is 18.2 Å². The molecule has 4 rings (SSSR count). The molecule has 10 nitrogen and oxygen atoms in total. The van der Waals surface area contributed by atoms with Gasteiger partial charge in [0.2, 0.25) is 0 Å². The molecule has 35 heavy (non-hydrogen) atoms. The zero-order valence-corrected chi connectivity index (χ0v) is 20.6. The highest BCUT2D eigenvalue weighted by Crippen LogP contribution is 2.32. The SMILES string of the molecule is COC(=O)COc1ccc(C=Nn2c(C3CCCCC3)nc3ccc(Br)cc3c2=O)cc1[N+](=O)[O-]. The summed E-state index contributed by atoms with van der Waals surface area (Å²) < 4.78 is 11.8. The molecular weight excluding hydrogens is 520 g/mol. The second-order valence-corrected chi connectivity index (χ2v) is 9.09. The first kappa shape index (κ1) is 24.5. The number of hydrogen-bond donors (Lipinski definition) is 0. The number of esters is 1. The molecule has 0 aliphatic heterocycles. The van der Waals surface area contributed by atoms with Crippen LogP contribution in [0.5, 0.6) is 5.75 Å². The summed E-state index contributed by atoms with van der Waals surface area (Å²) in [7, 11) is 1.20. The van der Waals surface area contributed by atoms with Gasteiger partial charge in [0.1, 0.15) is 5.82 Å². The van der Waals surface area contributed by atoms with Crippen LogP contribution in [0.2, 0.25) is 0 Å². The third-order valence-electron chi connectivity index (χ3n) is 5.88. The molecule has 2 aromatic carbocycles. The highest BCUT2D eigenvalue weighted by atomic mass is 79.9. The van der Waals surface area contributed by atoms with E-state index in [4.69, 9.17) is 9.72 Å². The molecule has 0 saturated heterocycles. The second kappa shape index (κ2) is 10.8. The van der Waals surface area contributed by atoms with E-state index in [2.05, 4.69) is 25.8 Å². The number of fused-ring (bicyclic) bond motifs is 1. The van der Waals surface area contributed by atoms with E-state index in [1.165, 1.54) is 30.1 Å². The number of methoxy groups -OCH3 is 1. The monoisotopic (exact) mass is 542 g/mol. The average Bonchev–Trinajstić information content (AvgIpc) is 2.87. The van der Waals surface area contributed by atoms with Crippen LogP contribution in [0, 0.1) is 10.1 Å². The Balaban J connectivity index is 1.74. The average molecular weight is 543 g/mol. The number of hydrogen-bond acceptors (Lipinski definition) is 8. The maximum absolute atomic E-state index is 13.4. The summed E-state index contributed by atoms with van der Waals surface area (Å²) in [6, 6.07) is 9.56. The summed E-state index contributed by atoms with van der Waals surface area (Å²) in [5.74, 6) is -0.0387. The smallest absolute Gasteiger partial charge is 0.343 e.